The lowest BCUT2D eigenvalue weighted by Crippen LogP contribution is -2.40. The molecule has 0 N–H and O–H groups in total. The smallest absolute Gasteiger partial charge is 0.254 e. The molecule has 3 aromatic carbocycles. The maximum absolute atomic E-state index is 13.7. The Hall–Kier alpha value is -3.01. The van der Waals surface area contributed by atoms with Crippen molar-refractivity contribution in [3.05, 3.63) is 106 Å². The number of benzene rings is 3. The van der Waals surface area contributed by atoms with E-state index < -0.39 is 11.6 Å². The van der Waals surface area contributed by atoms with Gasteiger partial charge in [0.2, 0.25) is 0 Å². The van der Waals surface area contributed by atoms with E-state index >= 15 is 0 Å². The van der Waals surface area contributed by atoms with Gasteiger partial charge in [-0.15, -0.1) is 0 Å². The fourth-order valence-corrected chi connectivity index (χ4v) is 3.69. The van der Waals surface area contributed by atoms with Crippen LogP contribution in [0, 0.1) is 18.6 Å². The van der Waals surface area contributed by atoms with Crippen molar-refractivity contribution in [2.45, 2.75) is 19.4 Å². The minimum Gasteiger partial charge on any atom is -0.327 e. The predicted molar refractivity (Wildman–Crippen MR) is 101 cm³/mol. The fraction of sp³-hybridized carbons (Fsp3) is 0.174. The summed E-state index contributed by atoms with van der Waals surface area (Å²) in [7, 11) is 0. The van der Waals surface area contributed by atoms with Crippen molar-refractivity contribution in [1.82, 2.24) is 4.90 Å². The number of rotatable bonds is 2. The molecule has 4 rings (SSSR count). The SMILES string of the molecule is Cc1ccc([C@H]2c3ccccc3CCN2C(=O)c2ccc(F)c(F)c2)cc1. The molecule has 0 spiro atoms. The molecule has 1 aliphatic heterocycles. The highest BCUT2D eigenvalue weighted by Crippen LogP contribution is 2.36. The third-order valence-corrected chi connectivity index (χ3v) is 5.10. The van der Waals surface area contributed by atoms with Gasteiger partial charge in [-0.2, -0.15) is 0 Å². The van der Waals surface area contributed by atoms with Crippen LogP contribution < -0.4 is 0 Å². The van der Waals surface area contributed by atoms with Crippen molar-refractivity contribution >= 4 is 5.91 Å². The number of carbonyl (C=O) groups excluding carboxylic acids is 1. The van der Waals surface area contributed by atoms with Gasteiger partial charge in [0, 0.05) is 12.1 Å². The minimum atomic E-state index is -1.01. The van der Waals surface area contributed by atoms with E-state index in [9.17, 15) is 13.6 Å². The summed E-state index contributed by atoms with van der Waals surface area (Å²) in [6.45, 7) is 2.54. The first kappa shape index (κ1) is 17.4. The van der Waals surface area contributed by atoms with Gasteiger partial charge in [0.05, 0.1) is 6.04 Å². The zero-order valence-electron chi connectivity index (χ0n) is 15.0. The quantitative estimate of drug-likeness (QED) is 0.623. The van der Waals surface area contributed by atoms with Crippen LogP contribution in [-0.4, -0.2) is 17.4 Å². The predicted octanol–water partition coefficient (Wildman–Crippen LogP) is 5.06. The van der Waals surface area contributed by atoms with E-state index in [-0.39, 0.29) is 17.5 Å². The molecule has 1 amide bonds. The molecule has 0 aromatic heterocycles. The molecule has 0 saturated carbocycles. The van der Waals surface area contributed by atoms with Crippen LogP contribution in [0.3, 0.4) is 0 Å². The third kappa shape index (κ3) is 3.23. The van der Waals surface area contributed by atoms with E-state index in [0.717, 1.165) is 35.2 Å². The number of hydrogen-bond acceptors (Lipinski definition) is 1. The van der Waals surface area contributed by atoms with Gasteiger partial charge in [0.1, 0.15) is 0 Å². The largest absolute Gasteiger partial charge is 0.327 e. The standard InChI is InChI=1S/C23H19F2NO/c1-15-6-8-17(9-7-15)22-19-5-3-2-4-16(19)12-13-26(22)23(27)18-10-11-20(24)21(25)14-18/h2-11,14,22H,12-13H2,1H3/t22-/m0/s1. The maximum atomic E-state index is 13.7. The Morgan fingerprint density at radius 1 is 0.963 bits per heavy atom. The Kier molecular flexibility index (Phi) is 4.48. The maximum Gasteiger partial charge on any atom is 0.254 e. The van der Waals surface area contributed by atoms with Gasteiger partial charge in [-0.1, -0.05) is 54.1 Å². The Bertz CT molecular complexity index is 998. The second kappa shape index (κ2) is 6.95. The fourth-order valence-electron chi connectivity index (χ4n) is 3.69. The van der Waals surface area contributed by atoms with Crippen molar-refractivity contribution in [2.24, 2.45) is 0 Å². The van der Waals surface area contributed by atoms with Gasteiger partial charge in [0.25, 0.3) is 5.91 Å². The summed E-state index contributed by atoms with van der Waals surface area (Å²) in [5.74, 6) is -2.26. The topological polar surface area (TPSA) is 20.3 Å². The average Bonchev–Trinajstić information content (AvgIpc) is 2.69. The van der Waals surface area contributed by atoms with E-state index in [1.165, 1.54) is 11.6 Å². The van der Waals surface area contributed by atoms with E-state index in [4.69, 9.17) is 0 Å². The molecule has 27 heavy (non-hydrogen) atoms. The van der Waals surface area contributed by atoms with Crippen molar-refractivity contribution in [2.75, 3.05) is 6.54 Å². The molecule has 0 fully saturated rings. The Morgan fingerprint density at radius 2 is 1.70 bits per heavy atom. The highest BCUT2D eigenvalue weighted by Gasteiger charge is 2.32. The lowest BCUT2D eigenvalue weighted by molar-refractivity contribution is 0.0694. The van der Waals surface area contributed by atoms with Gasteiger partial charge in [-0.25, -0.2) is 8.78 Å². The van der Waals surface area contributed by atoms with E-state index in [2.05, 4.69) is 6.07 Å². The van der Waals surface area contributed by atoms with Crippen LogP contribution in [0.15, 0.2) is 66.7 Å². The van der Waals surface area contributed by atoms with Crippen LogP contribution in [0.1, 0.15) is 38.7 Å². The van der Waals surface area contributed by atoms with E-state index in [0.29, 0.717) is 6.54 Å². The molecular formula is C23H19F2NO. The molecule has 2 nitrogen and oxygen atoms in total. The van der Waals surface area contributed by atoms with E-state index in [1.54, 1.807) is 4.90 Å². The Balaban J connectivity index is 1.79. The summed E-state index contributed by atoms with van der Waals surface area (Å²) in [5, 5.41) is 0. The number of carbonyl (C=O) groups is 1. The van der Waals surface area contributed by atoms with Crippen LogP contribution in [-0.2, 0) is 6.42 Å². The molecule has 136 valence electrons. The lowest BCUT2D eigenvalue weighted by atomic mass is 9.87. The summed E-state index contributed by atoms with van der Waals surface area (Å²) >= 11 is 0. The first-order chi connectivity index (χ1) is 13.0. The van der Waals surface area contributed by atoms with E-state index in [1.807, 2.05) is 49.4 Å². The van der Waals surface area contributed by atoms with Crippen molar-refractivity contribution in [1.29, 1.82) is 0 Å². The first-order valence-electron chi connectivity index (χ1n) is 8.95. The van der Waals surface area contributed by atoms with Crippen LogP contribution in [0.25, 0.3) is 0 Å². The molecule has 0 aliphatic carbocycles. The highest BCUT2D eigenvalue weighted by atomic mass is 19.2. The zero-order valence-corrected chi connectivity index (χ0v) is 15.0. The Morgan fingerprint density at radius 3 is 2.44 bits per heavy atom. The van der Waals surface area contributed by atoms with Gasteiger partial charge >= 0.3 is 0 Å². The second-order valence-corrected chi connectivity index (χ2v) is 6.89. The van der Waals surface area contributed by atoms with Crippen LogP contribution in [0.4, 0.5) is 8.78 Å². The van der Waals surface area contributed by atoms with Crippen molar-refractivity contribution in [3.8, 4) is 0 Å². The number of aryl methyl sites for hydroxylation is 1. The van der Waals surface area contributed by atoms with Crippen molar-refractivity contribution in [3.63, 3.8) is 0 Å². The highest BCUT2D eigenvalue weighted by molar-refractivity contribution is 5.95. The molecule has 0 radical (unpaired) electrons. The summed E-state index contributed by atoms with van der Waals surface area (Å²) in [4.78, 5) is 14.9. The number of halogens is 2. The molecular weight excluding hydrogens is 344 g/mol. The second-order valence-electron chi connectivity index (χ2n) is 6.89. The normalized spacial score (nSPS) is 16.1. The Labute approximate surface area is 157 Å². The van der Waals surface area contributed by atoms with Crippen LogP contribution in [0.5, 0.6) is 0 Å². The van der Waals surface area contributed by atoms with Crippen LogP contribution >= 0.6 is 0 Å². The van der Waals surface area contributed by atoms with Gasteiger partial charge in [-0.3, -0.25) is 4.79 Å². The average molecular weight is 363 g/mol. The summed E-state index contributed by atoms with van der Waals surface area (Å²) in [6.07, 6.45) is 0.730. The number of amides is 1. The number of hydrogen-bond donors (Lipinski definition) is 0. The van der Waals surface area contributed by atoms with Gasteiger partial charge in [0.15, 0.2) is 11.6 Å². The molecule has 1 aliphatic rings. The first-order valence-corrected chi connectivity index (χ1v) is 8.95. The zero-order chi connectivity index (χ0) is 19.0. The van der Waals surface area contributed by atoms with Crippen molar-refractivity contribution < 1.29 is 13.6 Å². The molecule has 0 saturated heterocycles. The van der Waals surface area contributed by atoms with Gasteiger partial charge in [-0.05, 0) is 48.2 Å². The summed E-state index contributed by atoms with van der Waals surface area (Å²) < 4.78 is 26.9. The molecule has 3 aromatic rings. The monoisotopic (exact) mass is 363 g/mol. The van der Waals surface area contributed by atoms with Gasteiger partial charge < -0.3 is 4.90 Å². The molecule has 0 unspecified atom stereocenters. The third-order valence-electron chi connectivity index (χ3n) is 5.10. The molecule has 1 heterocycles. The lowest BCUT2D eigenvalue weighted by Gasteiger charge is -2.38. The molecule has 4 heteroatoms. The number of nitrogens with zero attached hydrogens (tertiary/aromatic N) is 1. The molecule has 1 atom stereocenters. The minimum absolute atomic E-state index is 0.158. The number of fused-ring (bicyclic) bond motifs is 1. The molecule has 0 bridgehead atoms. The summed E-state index contributed by atoms with van der Waals surface area (Å²) in [6, 6.07) is 19.2. The summed E-state index contributed by atoms with van der Waals surface area (Å²) in [5.41, 5.74) is 4.58. The van der Waals surface area contributed by atoms with Crippen LogP contribution in [0.2, 0.25) is 0 Å².